The topological polar surface area (TPSA) is 144 Å². The van der Waals surface area contributed by atoms with Crippen molar-refractivity contribution in [1.29, 1.82) is 0 Å². The molecule has 0 aliphatic heterocycles. The van der Waals surface area contributed by atoms with Crippen molar-refractivity contribution in [3.8, 4) is 56.3 Å². The molecule has 1 amide bonds. The lowest BCUT2D eigenvalue weighted by Gasteiger charge is -2.15. The summed E-state index contributed by atoms with van der Waals surface area (Å²) in [6.45, 7) is 5.38. The minimum absolute atomic E-state index is 0.144. The van der Waals surface area contributed by atoms with Crippen LogP contribution in [0, 0.1) is 13.8 Å². The zero-order valence-electron chi connectivity index (χ0n) is 38.7. The summed E-state index contributed by atoms with van der Waals surface area (Å²) in [4.78, 5) is 32.7. The maximum absolute atomic E-state index is 12.8. The highest BCUT2D eigenvalue weighted by atomic mass is 19.4. The van der Waals surface area contributed by atoms with Crippen molar-refractivity contribution in [2.24, 2.45) is 0 Å². The molecule has 4 heterocycles. The van der Waals surface area contributed by atoms with Crippen LogP contribution < -0.4 is 25.4 Å². The Bertz CT molecular complexity index is 3180. The number of alkyl halides is 6. The Morgan fingerprint density at radius 3 is 1.43 bits per heavy atom. The summed E-state index contributed by atoms with van der Waals surface area (Å²) < 4.78 is 91.3. The molecule has 8 rings (SSSR count). The van der Waals surface area contributed by atoms with Gasteiger partial charge in [0, 0.05) is 71.0 Å². The van der Waals surface area contributed by atoms with Crippen LogP contribution in [0.25, 0.3) is 56.1 Å². The number of carbonyl (C=O) groups excluding carboxylic acids is 1. The van der Waals surface area contributed by atoms with E-state index in [2.05, 4.69) is 25.9 Å². The van der Waals surface area contributed by atoms with Gasteiger partial charge >= 0.3 is 18.3 Å². The van der Waals surface area contributed by atoms with Crippen molar-refractivity contribution in [3.63, 3.8) is 0 Å². The third-order valence-corrected chi connectivity index (χ3v) is 11.4. The van der Waals surface area contributed by atoms with Crippen molar-refractivity contribution in [2.75, 3.05) is 44.5 Å². The van der Waals surface area contributed by atoms with Crippen molar-refractivity contribution in [2.45, 2.75) is 46.0 Å². The highest BCUT2D eigenvalue weighted by Crippen LogP contribution is 2.37. The number of aromatic nitrogens is 4. The van der Waals surface area contributed by atoms with Gasteiger partial charge in [0.25, 0.3) is 5.91 Å². The molecule has 70 heavy (non-hydrogen) atoms. The van der Waals surface area contributed by atoms with Gasteiger partial charge in [-0.1, -0.05) is 48.5 Å². The number of rotatable bonds is 15. The lowest BCUT2D eigenvalue weighted by Crippen LogP contribution is -2.23. The molecule has 0 aliphatic rings. The molecule has 8 aromatic rings. The molecule has 0 atom stereocenters. The third-order valence-electron chi connectivity index (χ3n) is 11.4. The highest BCUT2D eigenvalue weighted by molar-refractivity contribution is 5.96. The number of para-hydroxylation sites is 2. The molecule has 0 unspecified atom stereocenters. The monoisotopic (exact) mass is 965 g/mol. The fraction of sp³-hybridized carbons (Fsp3) is 0.231. The van der Waals surface area contributed by atoms with Gasteiger partial charge in [0.15, 0.2) is 11.3 Å². The molecule has 0 saturated heterocycles. The summed E-state index contributed by atoms with van der Waals surface area (Å²) in [5, 5.41) is 17.9. The first kappa shape index (κ1) is 49.9. The number of methoxy groups -OCH3 is 2. The minimum atomic E-state index is -4.28. The fourth-order valence-corrected chi connectivity index (χ4v) is 8.00. The first-order chi connectivity index (χ1) is 33.4. The summed E-state index contributed by atoms with van der Waals surface area (Å²) in [6, 6.07) is 28.8. The average Bonchev–Trinajstić information content (AvgIpc) is 3.96. The molecule has 364 valence electrons. The van der Waals surface area contributed by atoms with Crippen LogP contribution in [-0.2, 0) is 0 Å². The van der Waals surface area contributed by atoms with Gasteiger partial charge in [-0.05, 0) is 80.4 Å². The Morgan fingerprint density at radius 2 is 1.04 bits per heavy atom. The van der Waals surface area contributed by atoms with Crippen LogP contribution in [0.4, 0.5) is 37.7 Å². The van der Waals surface area contributed by atoms with E-state index in [1.54, 1.807) is 74.3 Å². The fourth-order valence-electron chi connectivity index (χ4n) is 8.00. The normalized spacial score (nSPS) is 11.5. The summed E-state index contributed by atoms with van der Waals surface area (Å²) in [6.07, 6.45) is -3.49. The number of anilines is 2. The number of carbonyl (C=O) groups is 2. The molecule has 0 saturated carbocycles. The summed E-state index contributed by atoms with van der Waals surface area (Å²) in [7, 11) is 3.12. The van der Waals surface area contributed by atoms with Crippen LogP contribution in [0.2, 0.25) is 0 Å². The Kier molecular flexibility index (Phi) is 15.0. The van der Waals surface area contributed by atoms with E-state index in [1.165, 1.54) is 6.07 Å². The van der Waals surface area contributed by atoms with E-state index in [0.29, 0.717) is 57.5 Å². The molecule has 0 spiro atoms. The highest BCUT2D eigenvalue weighted by Gasteiger charge is 2.28. The maximum atomic E-state index is 12.8. The number of halogens is 6. The van der Waals surface area contributed by atoms with E-state index in [-0.39, 0.29) is 24.6 Å². The van der Waals surface area contributed by atoms with Gasteiger partial charge in [-0.2, -0.15) is 26.3 Å². The van der Waals surface area contributed by atoms with Crippen molar-refractivity contribution in [1.82, 2.24) is 24.1 Å². The van der Waals surface area contributed by atoms with Gasteiger partial charge in [-0.25, -0.2) is 14.8 Å². The van der Waals surface area contributed by atoms with E-state index < -0.39 is 31.2 Å². The number of aromatic carboxylic acids is 1. The lowest BCUT2D eigenvalue weighted by atomic mass is 10.0. The first-order valence-electron chi connectivity index (χ1n) is 22.0. The van der Waals surface area contributed by atoms with E-state index in [1.807, 2.05) is 85.2 Å². The summed E-state index contributed by atoms with van der Waals surface area (Å²) in [5.41, 5.74) is 10.0. The Hall–Kier alpha value is -8.02. The number of hydrogen-bond acceptors (Lipinski definition) is 8. The van der Waals surface area contributed by atoms with Gasteiger partial charge in [0.2, 0.25) is 0 Å². The number of amides is 1. The van der Waals surface area contributed by atoms with E-state index in [9.17, 15) is 41.0 Å². The second-order valence-corrected chi connectivity index (χ2v) is 16.2. The van der Waals surface area contributed by atoms with Gasteiger partial charge in [-0.15, -0.1) is 0 Å². The molecule has 0 fully saturated rings. The number of carboxylic acid groups (broad SMARTS) is 1. The molecule has 0 aliphatic carbocycles. The molecular formula is C52H49F6N7O5. The number of aryl methyl sites for hydroxylation is 2. The van der Waals surface area contributed by atoms with Crippen LogP contribution in [-0.4, -0.2) is 82.0 Å². The number of hydrogen-bond donors (Lipinski definition) is 4. The number of ether oxygens (including phenoxy) is 2. The van der Waals surface area contributed by atoms with Crippen LogP contribution in [0.5, 0.6) is 11.5 Å². The summed E-state index contributed by atoms with van der Waals surface area (Å²) >= 11 is 0. The smallest absolute Gasteiger partial charge is 0.390 e. The lowest BCUT2D eigenvalue weighted by molar-refractivity contribution is -0.132. The second kappa shape index (κ2) is 21.1. The molecule has 12 nitrogen and oxygen atoms in total. The molecule has 18 heteroatoms. The Labute approximate surface area is 398 Å². The minimum Gasteiger partial charge on any atom is -0.496 e. The number of carboxylic acids is 1. The largest absolute Gasteiger partial charge is 0.496 e. The molecule has 4 N–H and O–H groups in total. The number of nitrogens with one attached hydrogen (secondary N) is 3. The molecule has 0 bridgehead atoms. The summed E-state index contributed by atoms with van der Waals surface area (Å²) in [5.74, 6) is 0.0967. The Balaban J connectivity index is 0.000000207. The zero-order valence-corrected chi connectivity index (χ0v) is 38.7. The standard InChI is InChI=1S/C27H27F3N4O2.C25H22F3N3O3/c1-4-31-26(35)20-10-9-18(13-17(20)2)23-15-33-25-22(32-12-11-27(28,29)30)14-19(16-34(23)25)21-7-5-6-8-24(21)36-3;1-15-11-16(7-8-18(15)24(32)33)21-13-30-23-20(29-10-9-25(26,27)28)12-17(14-31(21)23)19-5-3-4-6-22(19)34-2/h5-10,13-16,32H,4,11-12H2,1-3H3,(H,31,35);3-8,11-14,29H,9-10H2,1-2H3,(H,32,33). The van der Waals surface area contributed by atoms with Gasteiger partial charge in [0.05, 0.1) is 67.8 Å². The van der Waals surface area contributed by atoms with Gasteiger partial charge in [0.1, 0.15) is 11.5 Å². The SMILES string of the molecule is CCNC(=O)c1ccc(-c2cnc3c(NCCC(F)(F)F)cc(-c4ccccc4OC)cn23)cc1C.COc1ccccc1-c1cc(NCCC(F)(F)F)c2ncc(-c3ccc(C(=O)O)c(C)c3)n2c1. The maximum Gasteiger partial charge on any atom is 0.390 e. The number of pyridine rings is 2. The number of nitrogens with zero attached hydrogens (tertiary/aromatic N) is 4. The van der Waals surface area contributed by atoms with Crippen LogP contribution in [0.1, 0.15) is 51.6 Å². The Morgan fingerprint density at radius 1 is 0.614 bits per heavy atom. The molecule has 4 aromatic carbocycles. The molecular weight excluding hydrogens is 917 g/mol. The van der Waals surface area contributed by atoms with Crippen molar-refractivity contribution >= 4 is 34.5 Å². The number of benzene rings is 4. The van der Waals surface area contributed by atoms with Gasteiger partial charge < -0.3 is 30.5 Å². The van der Waals surface area contributed by atoms with E-state index in [0.717, 1.165) is 44.6 Å². The van der Waals surface area contributed by atoms with E-state index >= 15 is 0 Å². The molecule has 4 aromatic heterocycles. The average molecular weight is 966 g/mol. The quantitative estimate of drug-likeness (QED) is 0.0738. The first-order valence-corrected chi connectivity index (χ1v) is 22.0. The zero-order chi connectivity index (χ0) is 50.3. The van der Waals surface area contributed by atoms with Crippen LogP contribution >= 0.6 is 0 Å². The second-order valence-electron chi connectivity index (χ2n) is 16.2. The van der Waals surface area contributed by atoms with E-state index in [4.69, 9.17) is 9.47 Å². The third kappa shape index (κ3) is 11.5. The van der Waals surface area contributed by atoms with Crippen LogP contribution in [0.15, 0.2) is 122 Å². The van der Waals surface area contributed by atoms with Crippen LogP contribution in [0.3, 0.4) is 0 Å². The predicted octanol–water partition coefficient (Wildman–Crippen LogP) is 12.1. The van der Waals surface area contributed by atoms with Crippen molar-refractivity contribution in [3.05, 3.63) is 144 Å². The van der Waals surface area contributed by atoms with Gasteiger partial charge in [-0.3, -0.25) is 13.6 Å². The number of imidazole rings is 2. The predicted molar refractivity (Wildman–Crippen MR) is 258 cm³/mol. The van der Waals surface area contributed by atoms with Crippen molar-refractivity contribution < 1.29 is 50.5 Å². The molecule has 0 radical (unpaired) electrons. The number of fused-ring (bicyclic) bond motifs is 2.